The van der Waals surface area contributed by atoms with Crippen molar-refractivity contribution in [3.8, 4) is 0 Å². The maximum Gasteiger partial charge on any atom is 0.273 e. The van der Waals surface area contributed by atoms with Crippen LogP contribution in [0.5, 0.6) is 0 Å². The van der Waals surface area contributed by atoms with Gasteiger partial charge in [-0.25, -0.2) is 4.39 Å². The molecule has 7 nitrogen and oxygen atoms in total. The van der Waals surface area contributed by atoms with Gasteiger partial charge in [0.2, 0.25) is 5.91 Å². The van der Waals surface area contributed by atoms with Gasteiger partial charge in [-0.2, -0.15) is 0 Å². The van der Waals surface area contributed by atoms with Crippen LogP contribution in [-0.4, -0.2) is 50.8 Å². The van der Waals surface area contributed by atoms with E-state index in [1.165, 1.54) is 23.0 Å². The molecule has 1 saturated heterocycles. The Labute approximate surface area is 144 Å². The Kier molecular flexibility index (Phi) is 5.06. The summed E-state index contributed by atoms with van der Waals surface area (Å²) in [6.45, 7) is 0.928. The molecule has 0 spiro atoms. The number of amides is 2. The Morgan fingerprint density at radius 3 is 2.92 bits per heavy atom. The average Bonchev–Trinajstić information content (AvgIpc) is 3.20. The fourth-order valence-corrected chi connectivity index (χ4v) is 3.04. The van der Waals surface area contributed by atoms with Crippen molar-refractivity contribution in [1.82, 2.24) is 25.2 Å². The number of carbonyl (C=O) groups is 2. The average molecular weight is 345 g/mol. The van der Waals surface area contributed by atoms with Crippen LogP contribution >= 0.6 is 0 Å². The summed E-state index contributed by atoms with van der Waals surface area (Å²) in [5, 5.41) is 10.3. The van der Waals surface area contributed by atoms with E-state index in [2.05, 4.69) is 15.6 Å². The topological polar surface area (TPSA) is 80.1 Å². The third kappa shape index (κ3) is 4.20. The molecule has 1 aliphatic heterocycles. The molecule has 0 saturated carbocycles. The quantitative estimate of drug-likeness (QED) is 0.844. The van der Waals surface area contributed by atoms with Crippen molar-refractivity contribution < 1.29 is 14.0 Å². The fraction of sp³-hybridized carbons (Fsp3) is 0.412. The smallest absolute Gasteiger partial charge is 0.273 e. The molecular formula is C17H20FN5O2. The highest BCUT2D eigenvalue weighted by Gasteiger charge is 2.28. The first-order chi connectivity index (χ1) is 12.0. The van der Waals surface area contributed by atoms with Crippen molar-refractivity contribution >= 4 is 11.8 Å². The van der Waals surface area contributed by atoms with Crippen LogP contribution in [0.2, 0.25) is 0 Å². The van der Waals surface area contributed by atoms with E-state index >= 15 is 0 Å². The van der Waals surface area contributed by atoms with E-state index < -0.39 is 0 Å². The second-order valence-electron chi connectivity index (χ2n) is 6.17. The predicted octanol–water partition coefficient (Wildman–Crippen LogP) is 0.918. The second-order valence-corrected chi connectivity index (χ2v) is 6.17. The molecule has 1 aromatic heterocycles. The van der Waals surface area contributed by atoms with Crippen molar-refractivity contribution in [3.63, 3.8) is 0 Å². The van der Waals surface area contributed by atoms with Crippen molar-refractivity contribution in [2.45, 2.75) is 25.3 Å². The fourth-order valence-electron chi connectivity index (χ4n) is 3.04. The van der Waals surface area contributed by atoms with Gasteiger partial charge in [0.1, 0.15) is 5.82 Å². The zero-order valence-corrected chi connectivity index (χ0v) is 14.0. The molecule has 2 aromatic rings. The summed E-state index contributed by atoms with van der Waals surface area (Å²) in [7, 11) is 1.68. The molecule has 2 amide bonds. The highest BCUT2D eigenvalue weighted by atomic mass is 19.1. The van der Waals surface area contributed by atoms with E-state index in [1.807, 2.05) is 6.07 Å². The third-order valence-corrected chi connectivity index (χ3v) is 4.24. The Balaban J connectivity index is 1.70. The summed E-state index contributed by atoms with van der Waals surface area (Å²) in [6.07, 6.45) is 3.32. The van der Waals surface area contributed by atoms with Gasteiger partial charge in [0.15, 0.2) is 5.69 Å². The predicted molar refractivity (Wildman–Crippen MR) is 88.2 cm³/mol. The number of hydrogen-bond acceptors (Lipinski definition) is 4. The maximum atomic E-state index is 13.4. The van der Waals surface area contributed by atoms with Gasteiger partial charge in [0, 0.05) is 26.6 Å². The van der Waals surface area contributed by atoms with Crippen molar-refractivity contribution in [2.24, 2.45) is 7.05 Å². The number of hydrogen-bond donors (Lipinski definition) is 1. The first-order valence-corrected chi connectivity index (χ1v) is 8.21. The molecule has 8 heteroatoms. The summed E-state index contributed by atoms with van der Waals surface area (Å²) in [4.78, 5) is 26.0. The monoisotopic (exact) mass is 345 g/mol. The highest BCUT2D eigenvalue weighted by molar-refractivity contribution is 5.91. The molecule has 1 atom stereocenters. The van der Waals surface area contributed by atoms with Crippen molar-refractivity contribution in [2.75, 3.05) is 13.1 Å². The molecule has 1 fully saturated rings. The summed E-state index contributed by atoms with van der Waals surface area (Å²) >= 11 is 0. The number of nitrogens with zero attached hydrogens (tertiary/aromatic N) is 4. The molecule has 25 heavy (non-hydrogen) atoms. The van der Waals surface area contributed by atoms with Crippen LogP contribution in [0.15, 0.2) is 30.5 Å². The lowest BCUT2D eigenvalue weighted by atomic mass is 10.0. The molecule has 3 rings (SSSR count). The lowest BCUT2D eigenvalue weighted by molar-refractivity contribution is -0.129. The zero-order chi connectivity index (χ0) is 17.8. The molecule has 132 valence electrons. The zero-order valence-electron chi connectivity index (χ0n) is 14.0. The standard InChI is InChI=1S/C17H20FN5O2/c1-22-11-15(20-21-22)17(25)19-10-14(23-7-3-6-16(23)24)9-12-4-2-5-13(18)8-12/h2,4-5,8,11,14H,3,6-7,9-10H2,1H3,(H,19,25). The molecule has 1 aromatic carbocycles. The van der Waals surface area contributed by atoms with E-state index in [0.29, 0.717) is 19.4 Å². The number of likely N-dealkylation sites (tertiary alicyclic amines) is 1. The minimum absolute atomic E-state index is 0.0650. The lowest BCUT2D eigenvalue weighted by Gasteiger charge is -2.28. The van der Waals surface area contributed by atoms with Crippen LogP contribution in [0.1, 0.15) is 28.9 Å². The van der Waals surface area contributed by atoms with E-state index in [1.54, 1.807) is 18.0 Å². The third-order valence-electron chi connectivity index (χ3n) is 4.24. The van der Waals surface area contributed by atoms with E-state index in [-0.39, 0.29) is 35.9 Å². The number of aromatic nitrogens is 3. The second kappa shape index (κ2) is 7.42. The number of nitrogens with one attached hydrogen (secondary N) is 1. The molecule has 1 N–H and O–H groups in total. The summed E-state index contributed by atoms with van der Waals surface area (Å²) in [5.41, 5.74) is 1.01. The number of rotatable bonds is 6. The Morgan fingerprint density at radius 2 is 2.28 bits per heavy atom. The SMILES string of the molecule is Cn1cc(C(=O)NCC(Cc2cccc(F)c2)N2CCCC2=O)nn1. The Bertz CT molecular complexity index is 776. The normalized spacial score (nSPS) is 15.4. The molecule has 2 heterocycles. The molecule has 1 aliphatic rings. The van der Waals surface area contributed by atoms with Gasteiger partial charge in [-0.3, -0.25) is 14.3 Å². The van der Waals surface area contributed by atoms with E-state index in [9.17, 15) is 14.0 Å². The molecule has 0 bridgehead atoms. The van der Waals surface area contributed by atoms with Crippen LogP contribution < -0.4 is 5.32 Å². The summed E-state index contributed by atoms with van der Waals surface area (Å²) in [6, 6.07) is 6.08. The van der Waals surface area contributed by atoms with E-state index in [4.69, 9.17) is 0 Å². The van der Waals surface area contributed by atoms with Crippen LogP contribution in [0.25, 0.3) is 0 Å². The number of halogens is 1. The maximum absolute atomic E-state index is 13.4. The number of benzene rings is 1. The Morgan fingerprint density at radius 1 is 1.44 bits per heavy atom. The van der Waals surface area contributed by atoms with Gasteiger partial charge in [0.05, 0.1) is 12.2 Å². The van der Waals surface area contributed by atoms with E-state index in [0.717, 1.165) is 12.0 Å². The van der Waals surface area contributed by atoms with Gasteiger partial charge in [-0.05, 0) is 30.5 Å². The van der Waals surface area contributed by atoms with Crippen LogP contribution in [0.3, 0.4) is 0 Å². The van der Waals surface area contributed by atoms with Crippen molar-refractivity contribution in [1.29, 1.82) is 0 Å². The highest BCUT2D eigenvalue weighted by Crippen LogP contribution is 2.17. The molecule has 0 aliphatic carbocycles. The molecule has 0 radical (unpaired) electrons. The minimum atomic E-state index is -0.344. The number of aryl methyl sites for hydroxylation is 1. The van der Waals surface area contributed by atoms with Gasteiger partial charge in [0.25, 0.3) is 5.91 Å². The van der Waals surface area contributed by atoms with Crippen molar-refractivity contribution in [3.05, 3.63) is 47.5 Å². The summed E-state index contributed by atoms with van der Waals surface area (Å²) in [5.74, 6) is -0.591. The summed E-state index contributed by atoms with van der Waals surface area (Å²) < 4.78 is 14.9. The largest absolute Gasteiger partial charge is 0.349 e. The van der Waals surface area contributed by atoms with Gasteiger partial charge in [-0.15, -0.1) is 5.10 Å². The molecular weight excluding hydrogens is 325 g/mol. The Hall–Kier alpha value is -2.77. The van der Waals surface area contributed by atoms with Gasteiger partial charge >= 0.3 is 0 Å². The first-order valence-electron chi connectivity index (χ1n) is 8.21. The lowest BCUT2D eigenvalue weighted by Crippen LogP contribution is -2.45. The van der Waals surface area contributed by atoms with Crippen LogP contribution in [0, 0.1) is 5.82 Å². The van der Waals surface area contributed by atoms with Gasteiger partial charge < -0.3 is 10.2 Å². The first kappa shape index (κ1) is 17.1. The van der Waals surface area contributed by atoms with Gasteiger partial charge in [-0.1, -0.05) is 17.3 Å². The van der Waals surface area contributed by atoms with Crippen LogP contribution in [0.4, 0.5) is 4.39 Å². The number of carbonyl (C=O) groups excluding carboxylic acids is 2. The van der Waals surface area contributed by atoms with Crippen LogP contribution in [-0.2, 0) is 18.3 Å². The molecule has 1 unspecified atom stereocenters. The minimum Gasteiger partial charge on any atom is -0.349 e.